The van der Waals surface area contributed by atoms with Crippen LogP contribution in [0.25, 0.3) is 10.2 Å². The van der Waals surface area contributed by atoms with Gasteiger partial charge >= 0.3 is 0 Å². The summed E-state index contributed by atoms with van der Waals surface area (Å²) >= 11 is 1.62. The zero-order valence-electron chi connectivity index (χ0n) is 8.69. The lowest BCUT2D eigenvalue weighted by atomic mass is 10.3. The number of aryl methyl sites for hydroxylation is 1. The normalized spacial score (nSPS) is 13.0. The fourth-order valence-electron chi connectivity index (χ4n) is 1.34. The molecular formula is C10H13N3OS. The van der Waals surface area contributed by atoms with Crippen LogP contribution in [0.15, 0.2) is 11.7 Å². The number of aliphatic hydroxyl groups excluding tert-OH is 1. The summed E-state index contributed by atoms with van der Waals surface area (Å²) in [5, 5.41) is 14.4. The zero-order chi connectivity index (χ0) is 10.8. The molecule has 1 unspecified atom stereocenters. The summed E-state index contributed by atoms with van der Waals surface area (Å²) in [5.41, 5.74) is 2.15. The van der Waals surface area contributed by atoms with Crippen LogP contribution >= 0.6 is 11.3 Å². The molecule has 0 spiro atoms. The number of hydrogen-bond donors (Lipinski definition) is 2. The minimum absolute atomic E-state index is 0.379. The van der Waals surface area contributed by atoms with Crippen LogP contribution in [-0.4, -0.2) is 27.7 Å². The molecule has 15 heavy (non-hydrogen) atoms. The number of fused-ring (bicyclic) bond motifs is 1. The third-order valence-electron chi connectivity index (χ3n) is 2.10. The molecule has 2 aromatic rings. The highest BCUT2D eigenvalue weighted by Gasteiger charge is 2.07. The van der Waals surface area contributed by atoms with Gasteiger partial charge in [-0.3, -0.25) is 0 Å². The molecule has 0 radical (unpaired) electrons. The predicted octanol–water partition coefficient (Wildman–Crippen LogP) is 1.79. The Morgan fingerprint density at radius 2 is 2.33 bits per heavy atom. The van der Waals surface area contributed by atoms with Crippen molar-refractivity contribution in [1.82, 2.24) is 9.97 Å². The lowest BCUT2D eigenvalue weighted by molar-refractivity contribution is 0.208. The van der Waals surface area contributed by atoms with E-state index in [9.17, 15) is 5.11 Å². The van der Waals surface area contributed by atoms with Crippen molar-refractivity contribution in [3.05, 3.63) is 17.3 Å². The molecule has 0 aliphatic heterocycles. The average Bonchev–Trinajstić information content (AvgIpc) is 2.58. The van der Waals surface area contributed by atoms with Crippen LogP contribution in [0.5, 0.6) is 0 Å². The smallest absolute Gasteiger partial charge is 0.147 e. The highest BCUT2D eigenvalue weighted by Crippen LogP contribution is 2.28. The molecule has 2 rings (SSSR count). The number of aliphatic hydroxyl groups is 1. The molecule has 0 aromatic carbocycles. The van der Waals surface area contributed by atoms with Gasteiger partial charge in [0.05, 0.1) is 16.3 Å². The first-order valence-electron chi connectivity index (χ1n) is 4.79. The number of aromatic nitrogens is 2. The maximum absolute atomic E-state index is 9.19. The van der Waals surface area contributed by atoms with E-state index in [1.807, 2.05) is 6.92 Å². The fraction of sp³-hybridized carbons (Fsp3) is 0.400. The molecule has 0 aliphatic rings. The van der Waals surface area contributed by atoms with E-state index in [1.54, 1.807) is 24.6 Å². The molecule has 2 N–H and O–H groups in total. The van der Waals surface area contributed by atoms with Crippen LogP contribution in [0.2, 0.25) is 0 Å². The number of nitrogens with zero attached hydrogens (tertiary/aromatic N) is 2. The van der Waals surface area contributed by atoms with Gasteiger partial charge in [-0.25, -0.2) is 9.97 Å². The lowest BCUT2D eigenvalue weighted by Crippen LogP contribution is -2.16. The molecular weight excluding hydrogens is 210 g/mol. The molecule has 4 nitrogen and oxygen atoms in total. The summed E-state index contributed by atoms with van der Waals surface area (Å²) in [6.45, 7) is 4.28. The Kier molecular flexibility index (Phi) is 2.83. The van der Waals surface area contributed by atoms with Crippen LogP contribution < -0.4 is 5.32 Å². The molecule has 0 saturated heterocycles. The van der Waals surface area contributed by atoms with Gasteiger partial charge in [-0.05, 0) is 24.8 Å². The Hall–Kier alpha value is -1.20. The minimum Gasteiger partial charge on any atom is -0.392 e. The van der Waals surface area contributed by atoms with E-state index in [4.69, 9.17) is 0 Å². The van der Waals surface area contributed by atoms with Crippen molar-refractivity contribution in [2.45, 2.75) is 20.0 Å². The predicted molar refractivity (Wildman–Crippen MR) is 62.3 cm³/mol. The van der Waals surface area contributed by atoms with E-state index in [1.165, 1.54) is 0 Å². The van der Waals surface area contributed by atoms with Crippen LogP contribution in [0.3, 0.4) is 0 Å². The first-order chi connectivity index (χ1) is 7.18. The molecule has 0 amide bonds. The number of rotatable bonds is 3. The molecule has 0 saturated carbocycles. The summed E-state index contributed by atoms with van der Waals surface area (Å²) in [7, 11) is 0. The molecule has 1 atom stereocenters. The average molecular weight is 223 g/mol. The molecule has 2 heterocycles. The van der Waals surface area contributed by atoms with E-state index in [-0.39, 0.29) is 6.10 Å². The molecule has 0 aliphatic carbocycles. The standard InChI is InChI=1S/C10H13N3OS/c1-6-4-15-9-8(6)12-5-13-10(9)11-3-7(2)14/h4-5,7,14H,3H2,1-2H3,(H,11,12,13). The van der Waals surface area contributed by atoms with Crippen LogP contribution in [-0.2, 0) is 0 Å². The van der Waals surface area contributed by atoms with Gasteiger partial charge in [0.2, 0.25) is 0 Å². The largest absolute Gasteiger partial charge is 0.392 e. The van der Waals surface area contributed by atoms with Crippen molar-refractivity contribution in [3.63, 3.8) is 0 Å². The van der Waals surface area contributed by atoms with Crippen molar-refractivity contribution < 1.29 is 5.11 Å². The summed E-state index contributed by atoms with van der Waals surface area (Å²) in [4.78, 5) is 8.39. The number of thiophene rings is 1. The van der Waals surface area contributed by atoms with E-state index >= 15 is 0 Å². The fourth-order valence-corrected chi connectivity index (χ4v) is 2.31. The lowest BCUT2D eigenvalue weighted by Gasteiger charge is -2.07. The minimum atomic E-state index is -0.379. The zero-order valence-corrected chi connectivity index (χ0v) is 9.51. The third kappa shape index (κ3) is 2.08. The van der Waals surface area contributed by atoms with E-state index in [2.05, 4.69) is 20.7 Å². The summed E-state index contributed by atoms with van der Waals surface area (Å²) in [6, 6.07) is 0. The van der Waals surface area contributed by atoms with E-state index in [0.29, 0.717) is 6.54 Å². The second kappa shape index (κ2) is 4.12. The number of nitrogens with one attached hydrogen (secondary N) is 1. The van der Waals surface area contributed by atoms with Crippen molar-refractivity contribution >= 4 is 27.4 Å². The SMILES string of the molecule is Cc1csc2c(NCC(C)O)ncnc12. The van der Waals surface area contributed by atoms with Gasteiger partial charge in [-0.1, -0.05) is 0 Å². The van der Waals surface area contributed by atoms with Crippen LogP contribution in [0.4, 0.5) is 5.82 Å². The maximum atomic E-state index is 9.19. The second-order valence-corrected chi connectivity index (χ2v) is 4.43. The molecule has 0 fully saturated rings. The molecule has 80 valence electrons. The summed E-state index contributed by atoms with van der Waals surface area (Å²) in [5.74, 6) is 0.805. The summed E-state index contributed by atoms with van der Waals surface area (Å²) < 4.78 is 1.05. The highest BCUT2D eigenvalue weighted by molar-refractivity contribution is 7.18. The molecule has 2 aromatic heterocycles. The third-order valence-corrected chi connectivity index (χ3v) is 3.19. The maximum Gasteiger partial charge on any atom is 0.147 e. The molecule has 0 bridgehead atoms. The Balaban J connectivity index is 2.34. The monoisotopic (exact) mass is 223 g/mol. The van der Waals surface area contributed by atoms with Gasteiger partial charge < -0.3 is 10.4 Å². The van der Waals surface area contributed by atoms with Gasteiger partial charge in [-0.2, -0.15) is 0 Å². The Morgan fingerprint density at radius 3 is 3.07 bits per heavy atom. The quantitative estimate of drug-likeness (QED) is 0.833. The Bertz CT molecular complexity index is 467. The number of anilines is 1. The van der Waals surface area contributed by atoms with Crippen LogP contribution in [0.1, 0.15) is 12.5 Å². The topological polar surface area (TPSA) is 58.0 Å². The van der Waals surface area contributed by atoms with Crippen LogP contribution in [0, 0.1) is 6.92 Å². The van der Waals surface area contributed by atoms with E-state index in [0.717, 1.165) is 21.6 Å². The van der Waals surface area contributed by atoms with Gasteiger partial charge in [-0.15, -0.1) is 11.3 Å². The highest BCUT2D eigenvalue weighted by atomic mass is 32.1. The van der Waals surface area contributed by atoms with E-state index < -0.39 is 0 Å². The summed E-state index contributed by atoms with van der Waals surface area (Å²) in [6.07, 6.45) is 1.17. The Morgan fingerprint density at radius 1 is 1.53 bits per heavy atom. The first-order valence-corrected chi connectivity index (χ1v) is 5.67. The second-order valence-electron chi connectivity index (χ2n) is 3.55. The molecule has 5 heteroatoms. The van der Waals surface area contributed by atoms with Gasteiger partial charge in [0.1, 0.15) is 12.1 Å². The first kappa shape index (κ1) is 10.3. The van der Waals surface area contributed by atoms with Crippen molar-refractivity contribution in [2.75, 3.05) is 11.9 Å². The van der Waals surface area contributed by atoms with Gasteiger partial charge in [0.15, 0.2) is 0 Å². The van der Waals surface area contributed by atoms with Crippen molar-refractivity contribution in [3.8, 4) is 0 Å². The van der Waals surface area contributed by atoms with Crippen molar-refractivity contribution in [1.29, 1.82) is 0 Å². The van der Waals surface area contributed by atoms with Gasteiger partial charge in [0, 0.05) is 6.54 Å². The Labute approximate surface area is 92.0 Å². The van der Waals surface area contributed by atoms with Gasteiger partial charge in [0.25, 0.3) is 0 Å². The number of hydrogen-bond acceptors (Lipinski definition) is 5. The van der Waals surface area contributed by atoms with Crippen molar-refractivity contribution in [2.24, 2.45) is 0 Å².